The Morgan fingerprint density at radius 3 is 1.28 bits per heavy atom. The lowest BCUT2D eigenvalue weighted by atomic mass is 9.95. The summed E-state index contributed by atoms with van der Waals surface area (Å²) < 4.78 is 0.688. The molecular weight excluding hydrogens is 557 g/mol. The van der Waals surface area contributed by atoms with Crippen LogP contribution in [0.15, 0.2) is 47.9 Å². The highest BCUT2D eigenvalue weighted by atomic mass is 32.2. The van der Waals surface area contributed by atoms with E-state index in [-0.39, 0.29) is 4.75 Å². The molecule has 1 unspecified atom stereocenters. The fourth-order valence-corrected chi connectivity index (χ4v) is 9.03. The van der Waals surface area contributed by atoms with Crippen molar-refractivity contribution >= 4 is 23.5 Å². The van der Waals surface area contributed by atoms with Gasteiger partial charge in [0.05, 0.1) is 0 Å². The second-order valence-corrected chi connectivity index (χ2v) is 16.9. The SMILES string of the molecule is C=C/C=C(CCSC(C)(CCCCCC)CCCCCCC)\C(=C/C=C)SC(C)(CCCCCCC)CCCCCCC. The molecule has 0 bridgehead atoms. The highest BCUT2D eigenvalue weighted by Crippen LogP contribution is 2.45. The van der Waals surface area contributed by atoms with Crippen LogP contribution < -0.4 is 0 Å². The molecule has 0 aromatic rings. The monoisotopic (exact) mass is 633 g/mol. The lowest BCUT2D eigenvalue weighted by Crippen LogP contribution is -2.22. The van der Waals surface area contributed by atoms with Gasteiger partial charge in [-0.3, -0.25) is 0 Å². The van der Waals surface area contributed by atoms with E-state index in [4.69, 9.17) is 0 Å². The van der Waals surface area contributed by atoms with Gasteiger partial charge in [0.15, 0.2) is 0 Å². The van der Waals surface area contributed by atoms with Crippen molar-refractivity contribution < 1.29 is 0 Å². The van der Waals surface area contributed by atoms with Gasteiger partial charge in [0.25, 0.3) is 0 Å². The van der Waals surface area contributed by atoms with Crippen molar-refractivity contribution in [3.63, 3.8) is 0 Å². The second kappa shape index (κ2) is 29.1. The maximum Gasteiger partial charge on any atom is 0.0179 e. The molecule has 0 spiro atoms. The molecule has 43 heavy (non-hydrogen) atoms. The van der Waals surface area contributed by atoms with Crippen LogP contribution in [0.5, 0.6) is 0 Å². The van der Waals surface area contributed by atoms with Crippen LogP contribution in [0, 0.1) is 0 Å². The van der Waals surface area contributed by atoms with Crippen LogP contribution in [-0.2, 0) is 0 Å². The lowest BCUT2D eigenvalue weighted by molar-refractivity contribution is 0.470. The van der Waals surface area contributed by atoms with E-state index in [9.17, 15) is 0 Å². The van der Waals surface area contributed by atoms with Crippen molar-refractivity contribution in [1.82, 2.24) is 0 Å². The number of allylic oxidation sites excluding steroid dienone is 5. The zero-order valence-electron chi connectivity index (χ0n) is 30.2. The topological polar surface area (TPSA) is 0 Å². The summed E-state index contributed by atoms with van der Waals surface area (Å²) in [5.74, 6) is 1.19. The number of rotatable bonds is 32. The van der Waals surface area contributed by atoms with Crippen LogP contribution in [0.3, 0.4) is 0 Å². The van der Waals surface area contributed by atoms with E-state index in [2.05, 4.69) is 90.4 Å². The van der Waals surface area contributed by atoms with Gasteiger partial charge in [-0.25, -0.2) is 0 Å². The fourth-order valence-electron chi connectivity index (χ4n) is 6.15. The average molecular weight is 633 g/mol. The Bertz CT molecular complexity index is 703. The summed E-state index contributed by atoms with van der Waals surface area (Å²) >= 11 is 4.41. The van der Waals surface area contributed by atoms with Gasteiger partial charge in [-0.15, -0.1) is 11.8 Å². The molecule has 0 aliphatic carbocycles. The zero-order chi connectivity index (χ0) is 32.1. The number of thioether (sulfide) groups is 2. The summed E-state index contributed by atoms with van der Waals surface area (Å²) in [5.41, 5.74) is 1.46. The van der Waals surface area contributed by atoms with E-state index in [1.165, 1.54) is 164 Å². The Balaban J connectivity index is 5.53. The van der Waals surface area contributed by atoms with Crippen molar-refractivity contribution in [3.8, 4) is 0 Å². The Hall–Kier alpha value is -0.340. The predicted molar refractivity (Wildman–Crippen MR) is 207 cm³/mol. The molecule has 0 nitrogen and oxygen atoms in total. The van der Waals surface area contributed by atoms with Crippen LogP contribution >= 0.6 is 23.5 Å². The van der Waals surface area contributed by atoms with E-state index in [0.29, 0.717) is 4.75 Å². The van der Waals surface area contributed by atoms with Crippen molar-refractivity contribution in [1.29, 1.82) is 0 Å². The first-order valence-corrected chi connectivity index (χ1v) is 20.6. The highest BCUT2D eigenvalue weighted by molar-refractivity contribution is 8.04. The smallest absolute Gasteiger partial charge is 0.0179 e. The average Bonchev–Trinajstić information content (AvgIpc) is 2.98. The quantitative estimate of drug-likeness (QED) is 0.0534. The Morgan fingerprint density at radius 1 is 0.512 bits per heavy atom. The van der Waals surface area contributed by atoms with Gasteiger partial charge in [0.1, 0.15) is 0 Å². The number of hydrogen-bond acceptors (Lipinski definition) is 2. The molecule has 0 saturated heterocycles. The Kier molecular flexibility index (Phi) is 28.9. The maximum atomic E-state index is 4.14. The zero-order valence-corrected chi connectivity index (χ0v) is 31.9. The van der Waals surface area contributed by atoms with Crippen LogP contribution in [0.2, 0.25) is 0 Å². The first-order chi connectivity index (χ1) is 20.8. The molecule has 0 N–H and O–H groups in total. The summed E-state index contributed by atoms with van der Waals surface area (Å²) in [7, 11) is 0. The highest BCUT2D eigenvalue weighted by Gasteiger charge is 2.28. The van der Waals surface area contributed by atoms with Crippen LogP contribution in [0.1, 0.15) is 196 Å². The molecule has 0 amide bonds. The van der Waals surface area contributed by atoms with E-state index >= 15 is 0 Å². The molecule has 2 heteroatoms. The predicted octanol–water partition coefficient (Wildman–Crippen LogP) is 15.6. The summed E-state index contributed by atoms with van der Waals surface area (Å²) in [6.07, 6.45) is 41.1. The first-order valence-electron chi connectivity index (χ1n) is 18.8. The standard InChI is InChI=1S/C41H76S2/c1-9-15-19-23-27-34-40(7,33-26-22-18-12-4)42-37-32-38(30-13-5)39(31-14-6)43-41(8,35-28-24-20-16-10-2)36-29-25-21-17-11-3/h13-14,30-31H,5-6,9-12,15-29,32-37H2,1-4,7-8H3/b38-30-,39-31+. The number of unbranched alkanes of at least 4 members (excludes halogenated alkanes) is 15. The molecule has 0 aliphatic heterocycles. The maximum absolute atomic E-state index is 4.14. The van der Waals surface area contributed by atoms with Crippen molar-refractivity contribution in [2.24, 2.45) is 0 Å². The fraction of sp³-hybridized carbons (Fsp3) is 0.805. The molecule has 1 atom stereocenters. The molecule has 0 fully saturated rings. The van der Waals surface area contributed by atoms with Gasteiger partial charge in [-0.2, -0.15) is 11.8 Å². The first kappa shape index (κ1) is 42.7. The minimum atomic E-state index is 0.285. The number of hydrogen-bond donors (Lipinski definition) is 0. The molecule has 0 aromatic heterocycles. The molecular formula is C41H76S2. The van der Waals surface area contributed by atoms with E-state index in [0.717, 1.165) is 6.42 Å². The third-order valence-electron chi connectivity index (χ3n) is 9.07. The van der Waals surface area contributed by atoms with E-state index in [1.54, 1.807) is 0 Å². The minimum absolute atomic E-state index is 0.285. The molecule has 252 valence electrons. The van der Waals surface area contributed by atoms with Crippen LogP contribution in [0.4, 0.5) is 0 Å². The van der Waals surface area contributed by atoms with Crippen molar-refractivity contribution in [2.45, 2.75) is 205 Å². The normalized spacial score (nSPS) is 14.2. The van der Waals surface area contributed by atoms with Gasteiger partial charge in [0, 0.05) is 14.4 Å². The van der Waals surface area contributed by atoms with Crippen LogP contribution in [-0.4, -0.2) is 15.2 Å². The van der Waals surface area contributed by atoms with Gasteiger partial charge >= 0.3 is 0 Å². The molecule has 0 heterocycles. The third kappa shape index (κ3) is 23.6. The third-order valence-corrected chi connectivity index (χ3v) is 12.1. The molecule has 0 aromatic carbocycles. The molecule has 0 rings (SSSR count). The van der Waals surface area contributed by atoms with Gasteiger partial charge < -0.3 is 0 Å². The summed E-state index contributed by atoms with van der Waals surface area (Å²) in [5, 5.41) is 0. The largest absolute Gasteiger partial charge is 0.155 e. The minimum Gasteiger partial charge on any atom is -0.155 e. The second-order valence-electron chi connectivity index (χ2n) is 13.6. The Labute approximate surface area is 281 Å². The lowest BCUT2D eigenvalue weighted by Gasteiger charge is -2.32. The summed E-state index contributed by atoms with van der Waals surface area (Å²) in [6.45, 7) is 22.7. The van der Waals surface area contributed by atoms with E-state index in [1.807, 2.05) is 12.2 Å². The Morgan fingerprint density at radius 2 is 0.884 bits per heavy atom. The molecule has 0 aliphatic rings. The van der Waals surface area contributed by atoms with Gasteiger partial charge in [-0.1, -0.05) is 195 Å². The molecule has 0 radical (unpaired) electrons. The van der Waals surface area contributed by atoms with Crippen molar-refractivity contribution in [3.05, 3.63) is 47.9 Å². The summed E-state index contributed by atoms with van der Waals surface area (Å²) in [4.78, 5) is 1.43. The van der Waals surface area contributed by atoms with Gasteiger partial charge in [0.2, 0.25) is 0 Å². The van der Waals surface area contributed by atoms with Gasteiger partial charge in [-0.05, 0) is 49.5 Å². The van der Waals surface area contributed by atoms with E-state index < -0.39 is 0 Å². The van der Waals surface area contributed by atoms with Crippen molar-refractivity contribution in [2.75, 3.05) is 5.75 Å². The summed E-state index contributed by atoms with van der Waals surface area (Å²) in [6, 6.07) is 0. The molecule has 0 saturated carbocycles. The van der Waals surface area contributed by atoms with Crippen LogP contribution in [0.25, 0.3) is 0 Å².